The number of alkyl halides is 3. The average Bonchev–Trinajstić information content (AvgIpc) is 3.60. The Balaban J connectivity index is 1.35. The number of carbonyl (C=O) groups is 3. The molecule has 0 radical (unpaired) electrons. The Morgan fingerprint density at radius 2 is 1.64 bits per heavy atom. The number of benzene rings is 3. The number of amides is 2. The zero-order valence-electron chi connectivity index (χ0n) is 20.1. The molecule has 0 saturated carbocycles. The van der Waals surface area contributed by atoms with Crippen LogP contribution < -0.4 is 14.4 Å². The van der Waals surface area contributed by atoms with Gasteiger partial charge in [0.1, 0.15) is 6.04 Å². The van der Waals surface area contributed by atoms with Crippen LogP contribution in [0.4, 0.5) is 18.9 Å². The first-order valence-corrected chi connectivity index (χ1v) is 12.3. The highest BCUT2D eigenvalue weighted by atomic mass is 19.4. The smallest absolute Gasteiger partial charge is 0.416 e. The minimum atomic E-state index is -4.65. The Labute approximate surface area is 220 Å². The molecule has 4 unspecified atom stereocenters. The lowest BCUT2D eigenvalue weighted by Gasteiger charge is -2.35. The van der Waals surface area contributed by atoms with Crippen molar-refractivity contribution in [1.82, 2.24) is 4.90 Å². The lowest BCUT2D eigenvalue weighted by atomic mass is 9.83. The van der Waals surface area contributed by atoms with Crippen molar-refractivity contribution in [2.75, 3.05) is 11.7 Å². The number of imide groups is 1. The largest absolute Gasteiger partial charge is 0.454 e. The molecule has 2 fully saturated rings. The molecule has 7 rings (SSSR count). The monoisotopic (exact) mass is 532 g/mol. The van der Waals surface area contributed by atoms with E-state index in [1.54, 1.807) is 29.3 Å². The van der Waals surface area contributed by atoms with Crippen molar-refractivity contribution < 1.29 is 37.0 Å². The summed E-state index contributed by atoms with van der Waals surface area (Å²) in [6.45, 7) is 0.0216. The summed E-state index contributed by atoms with van der Waals surface area (Å²) in [6.07, 6.45) is -1.11. The number of Topliss-reactive ketones (excluding diaryl/α,β-unsaturated/α-hetero) is 1. The van der Waals surface area contributed by atoms with Crippen molar-refractivity contribution in [2.24, 2.45) is 11.8 Å². The van der Waals surface area contributed by atoms with Gasteiger partial charge in [0, 0.05) is 11.8 Å². The van der Waals surface area contributed by atoms with Crippen molar-refractivity contribution in [3.8, 4) is 11.5 Å². The van der Waals surface area contributed by atoms with Gasteiger partial charge in [-0.2, -0.15) is 13.2 Å². The predicted molar refractivity (Wildman–Crippen MR) is 132 cm³/mol. The molecule has 4 atom stereocenters. The molecule has 4 heterocycles. The van der Waals surface area contributed by atoms with Crippen LogP contribution in [0.2, 0.25) is 0 Å². The minimum Gasteiger partial charge on any atom is -0.454 e. The molecule has 10 heteroatoms. The van der Waals surface area contributed by atoms with Gasteiger partial charge in [-0.1, -0.05) is 30.3 Å². The predicted octanol–water partition coefficient (Wildman–Crippen LogP) is 4.83. The Kier molecular flexibility index (Phi) is 4.94. The number of ketones is 1. The van der Waals surface area contributed by atoms with Gasteiger partial charge in [0.05, 0.1) is 29.1 Å². The van der Waals surface area contributed by atoms with Crippen molar-refractivity contribution in [2.45, 2.75) is 18.3 Å². The Hall–Kier alpha value is -4.60. The molecule has 2 saturated heterocycles. The van der Waals surface area contributed by atoms with E-state index in [0.717, 1.165) is 34.2 Å². The zero-order chi connectivity index (χ0) is 27.1. The fourth-order valence-corrected chi connectivity index (χ4v) is 6.15. The highest BCUT2D eigenvalue weighted by Crippen LogP contribution is 2.54. The van der Waals surface area contributed by atoms with Crippen LogP contribution in [0.5, 0.6) is 11.5 Å². The number of hydrogen-bond acceptors (Lipinski definition) is 6. The van der Waals surface area contributed by atoms with Crippen LogP contribution in [-0.2, 0) is 15.8 Å². The number of halogens is 3. The highest BCUT2D eigenvalue weighted by molar-refractivity contribution is 6.24. The molecule has 4 aliphatic heterocycles. The van der Waals surface area contributed by atoms with Gasteiger partial charge in [-0.25, -0.2) is 4.90 Å². The van der Waals surface area contributed by atoms with Crippen LogP contribution in [-0.4, -0.2) is 35.3 Å². The van der Waals surface area contributed by atoms with E-state index < -0.39 is 53.3 Å². The second kappa shape index (κ2) is 8.20. The van der Waals surface area contributed by atoms with Crippen LogP contribution in [0.1, 0.15) is 33.1 Å². The van der Waals surface area contributed by atoms with Crippen molar-refractivity contribution in [1.29, 1.82) is 0 Å². The van der Waals surface area contributed by atoms with Crippen molar-refractivity contribution in [3.05, 3.63) is 95.2 Å². The molecule has 3 aromatic carbocycles. The second-order valence-corrected chi connectivity index (χ2v) is 9.83. The van der Waals surface area contributed by atoms with E-state index in [1.807, 2.05) is 30.3 Å². The van der Waals surface area contributed by atoms with Crippen LogP contribution in [0, 0.1) is 11.8 Å². The quantitative estimate of drug-likeness (QED) is 0.355. The zero-order valence-corrected chi connectivity index (χ0v) is 20.1. The van der Waals surface area contributed by atoms with Gasteiger partial charge in [0.25, 0.3) is 0 Å². The Morgan fingerprint density at radius 1 is 0.872 bits per heavy atom. The van der Waals surface area contributed by atoms with Gasteiger partial charge in [0.2, 0.25) is 18.6 Å². The standard InChI is InChI=1S/C29H19F3N2O5/c30-29(31,32)17-5-3-6-18(13-17)34-27(36)22-23(28(34)37)25(26(35)16-8-9-20-21(12-16)39-14-38-20)33-11-10-15-4-1-2-7-19(15)24(22)33/h1-13,22-25H,14H2. The molecule has 0 spiro atoms. The van der Waals surface area contributed by atoms with E-state index in [-0.39, 0.29) is 18.0 Å². The summed E-state index contributed by atoms with van der Waals surface area (Å²) in [5, 5.41) is 0. The lowest BCUT2D eigenvalue weighted by Crippen LogP contribution is -2.44. The summed E-state index contributed by atoms with van der Waals surface area (Å²) in [6, 6.07) is 14.5. The molecule has 39 heavy (non-hydrogen) atoms. The second-order valence-electron chi connectivity index (χ2n) is 9.83. The van der Waals surface area contributed by atoms with Gasteiger partial charge in [-0.3, -0.25) is 14.4 Å². The number of nitrogens with zero attached hydrogens (tertiary/aromatic N) is 2. The van der Waals surface area contributed by atoms with Crippen LogP contribution >= 0.6 is 0 Å². The third-order valence-corrected chi connectivity index (χ3v) is 7.82. The van der Waals surface area contributed by atoms with E-state index in [2.05, 4.69) is 0 Å². The highest BCUT2D eigenvalue weighted by Gasteiger charge is 2.64. The molecule has 3 aromatic rings. The number of ether oxygens (including phenoxy) is 2. The topological polar surface area (TPSA) is 76.1 Å². The summed E-state index contributed by atoms with van der Waals surface area (Å²) in [7, 11) is 0. The van der Waals surface area contributed by atoms with Crippen molar-refractivity contribution >= 4 is 29.4 Å². The third-order valence-electron chi connectivity index (χ3n) is 7.82. The average molecular weight is 532 g/mol. The summed E-state index contributed by atoms with van der Waals surface area (Å²) < 4.78 is 51.1. The molecule has 196 valence electrons. The van der Waals surface area contributed by atoms with Gasteiger partial charge in [0.15, 0.2) is 17.3 Å². The van der Waals surface area contributed by atoms with E-state index in [0.29, 0.717) is 11.5 Å². The first-order chi connectivity index (χ1) is 18.7. The molecule has 0 aliphatic carbocycles. The summed E-state index contributed by atoms with van der Waals surface area (Å²) in [5.41, 5.74) is 0.732. The first kappa shape index (κ1) is 23.5. The third kappa shape index (κ3) is 3.40. The molecule has 0 N–H and O–H groups in total. The van der Waals surface area contributed by atoms with Crippen molar-refractivity contribution in [3.63, 3.8) is 0 Å². The Bertz CT molecular complexity index is 1600. The SMILES string of the molecule is O=C(c1ccc2c(c1)OCO2)C1C2C(=O)N(c3cccc(C(F)(F)F)c3)C(=O)C2C2c3ccccc3C=CN12. The maximum atomic E-state index is 14.0. The number of fused-ring (bicyclic) bond motifs is 6. The van der Waals surface area contributed by atoms with Gasteiger partial charge >= 0.3 is 6.18 Å². The Morgan fingerprint density at radius 3 is 2.46 bits per heavy atom. The number of rotatable bonds is 3. The maximum absolute atomic E-state index is 14.0. The first-order valence-electron chi connectivity index (χ1n) is 12.3. The van der Waals surface area contributed by atoms with E-state index >= 15 is 0 Å². The van der Waals surface area contributed by atoms with Gasteiger partial charge in [-0.05, 0) is 53.6 Å². The molecule has 0 aromatic heterocycles. The molecule has 7 nitrogen and oxygen atoms in total. The van der Waals surface area contributed by atoms with E-state index in [4.69, 9.17) is 9.47 Å². The molecule has 2 amide bonds. The van der Waals surface area contributed by atoms with Gasteiger partial charge in [-0.15, -0.1) is 0 Å². The molecular weight excluding hydrogens is 513 g/mol. The number of anilines is 1. The number of hydrogen-bond donors (Lipinski definition) is 0. The maximum Gasteiger partial charge on any atom is 0.416 e. The molecule has 4 aliphatic rings. The minimum absolute atomic E-state index is 0.0216. The summed E-state index contributed by atoms with van der Waals surface area (Å²) in [5.74, 6) is -2.93. The molecular formula is C29H19F3N2O5. The summed E-state index contributed by atoms with van der Waals surface area (Å²) >= 11 is 0. The normalized spacial score (nSPS) is 24.6. The fraction of sp³-hybridized carbons (Fsp3) is 0.207. The fourth-order valence-electron chi connectivity index (χ4n) is 6.15. The lowest BCUT2D eigenvalue weighted by molar-refractivity contribution is -0.137. The van der Waals surface area contributed by atoms with Crippen LogP contribution in [0.25, 0.3) is 6.08 Å². The number of carbonyl (C=O) groups excluding carboxylic acids is 3. The van der Waals surface area contributed by atoms with E-state index in [1.165, 1.54) is 6.07 Å². The van der Waals surface area contributed by atoms with Crippen LogP contribution in [0.3, 0.4) is 0 Å². The van der Waals surface area contributed by atoms with Crippen LogP contribution in [0.15, 0.2) is 72.9 Å². The molecule has 0 bridgehead atoms. The van der Waals surface area contributed by atoms with Gasteiger partial charge < -0.3 is 14.4 Å². The van der Waals surface area contributed by atoms with E-state index in [9.17, 15) is 27.6 Å². The summed E-state index contributed by atoms with van der Waals surface area (Å²) in [4.78, 5) is 44.4.